The zero-order valence-corrected chi connectivity index (χ0v) is 10.4. The fraction of sp³-hybridized carbons (Fsp3) is 0.818. The molecule has 0 saturated heterocycles. The quantitative estimate of drug-likeness (QED) is 0.502. The molecule has 0 bridgehead atoms. The monoisotopic (exact) mass is 260 g/mol. The second-order valence-corrected chi connectivity index (χ2v) is 4.27. The second kappa shape index (κ2) is 7.17. The summed E-state index contributed by atoms with van der Waals surface area (Å²) in [4.78, 5) is 22.3. The van der Waals surface area contributed by atoms with E-state index in [1.165, 1.54) is 0 Å². The lowest BCUT2D eigenvalue weighted by Crippen LogP contribution is -2.54. The number of carbonyl (C=O) groups is 2. The Kier molecular flexibility index (Phi) is 5.87. The van der Waals surface area contributed by atoms with Gasteiger partial charge in [-0.2, -0.15) is 0 Å². The predicted octanol–water partition coefficient (Wildman–Crippen LogP) is -0.311. The molecule has 18 heavy (non-hydrogen) atoms. The van der Waals surface area contributed by atoms with Gasteiger partial charge in [-0.1, -0.05) is 0 Å². The first-order valence-electron chi connectivity index (χ1n) is 6.09. The van der Waals surface area contributed by atoms with Crippen molar-refractivity contribution in [3.63, 3.8) is 0 Å². The zero-order chi connectivity index (χ0) is 13.5. The standard InChI is InChI=1S/C11H20N2O5/c1-2-18-8-5-7(6-8)12-11(17)13-9(3-4-14)10(15)16/h7-9,14H,2-6H2,1H3,(H,15,16)(H2,12,13,17)/t7?,8?,9-/m0/s1. The maximum absolute atomic E-state index is 11.5. The molecular weight excluding hydrogens is 240 g/mol. The number of urea groups is 1. The first-order valence-corrected chi connectivity index (χ1v) is 6.09. The van der Waals surface area contributed by atoms with Gasteiger partial charge < -0.3 is 25.6 Å². The molecule has 0 heterocycles. The van der Waals surface area contributed by atoms with E-state index in [-0.39, 0.29) is 25.2 Å². The molecule has 0 aromatic rings. The van der Waals surface area contributed by atoms with E-state index in [9.17, 15) is 9.59 Å². The Labute approximate surface area is 106 Å². The molecule has 7 heteroatoms. The van der Waals surface area contributed by atoms with Gasteiger partial charge in [0.1, 0.15) is 6.04 Å². The van der Waals surface area contributed by atoms with Gasteiger partial charge >= 0.3 is 12.0 Å². The second-order valence-electron chi connectivity index (χ2n) is 4.27. The zero-order valence-electron chi connectivity index (χ0n) is 10.4. The summed E-state index contributed by atoms with van der Waals surface area (Å²) in [6.07, 6.45) is 1.68. The van der Waals surface area contributed by atoms with Crippen LogP contribution in [-0.4, -0.2) is 53.6 Å². The number of carboxylic acids is 1. The largest absolute Gasteiger partial charge is 0.480 e. The summed E-state index contributed by atoms with van der Waals surface area (Å²) in [7, 11) is 0. The summed E-state index contributed by atoms with van der Waals surface area (Å²) in [5, 5.41) is 22.5. The molecule has 0 radical (unpaired) electrons. The van der Waals surface area contributed by atoms with Crippen LogP contribution in [0, 0.1) is 0 Å². The predicted molar refractivity (Wildman–Crippen MR) is 63.2 cm³/mol. The molecule has 1 aliphatic rings. The first kappa shape index (κ1) is 14.7. The van der Waals surface area contributed by atoms with E-state index in [2.05, 4.69) is 10.6 Å². The number of aliphatic carboxylic acids is 1. The van der Waals surface area contributed by atoms with Gasteiger partial charge in [-0.05, 0) is 19.8 Å². The Hall–Kier alpha value is -1.34. The highest BCUT2D eigenvalue weighted by Crippen LogP contribution is 2.22. The molecule has 104 valence electrons. The van der Waals surface area contributed by atoms with Gasteiger partial charge in [-0.3, -0.25) is 0 Å². The van der Waals surface area contributed by atoms with Crippen molar-refractivity contribution in [1.82, 2.24) is 10.6 Å². The molecule has 1 aliphatic carbocycles. The molecule has 1 rings (SSSR count). The van der Waals surface area contributed by atoms with Crippen LogP contribution in [0.25, 0.3) is 0 Å². The van der Waals surface area contributed by atoms with Crippen molar-refractivity contribution in [3.8, 4) is 0 Å². The van der Waals surface area contributed by atoms with E-state index in [0.717, 1.165) is 12.8 Å². The minimum atomic E-state index is -1.15. The van der Waals surface area contributed by atoms with Gasteiger partial charge in [0.2, 0.25) is 0 Å². The van der Waals surface area contributed by atoms with E-state index >= 15 is 0 Å². The molecule has 7 nitrogen and oxygen atoms in total. The third-order valence-electron chi connectivity index (χ3n) is 2.85. The number of amides is 2. The van der Waals surface area contributed by atoms with Crippen LogP contribution in [0.5, 0.6) is 0 Å². The molecule has 1 fully saturated rings. The first-order chi connectivity index (χ1) is 8.56. The lowest BCUT2D eigenvalue weighted by molar-refractivity contribution is -0.139. The van der Waals surface area contributed by atoms with Gasteiger partial charge in [0.05, 0.1) is 6.10 Å². The molecule has 0 unspecified atom stereocenters. The number of carbonyl (C=O) groups excluding carboxylic acids is 1. The Bertz CT molecular complexity index is 291. The minimum Gasteiger partial charge on any atom is -0.480 e. The molecule has 1 saturated carbocycles. The Morgan fingerprint density at radius 2 is 2.11 bits per heavy atom. The Morgan fingerprint density at radius 3 is 2.61 bits per heavy atom. The molecule has 0 aromatic heterocycles. The number of carboxylic acid groups (broad SMARTS) is 1. The highest BCUT2D eigenvalue weighted by Gasteiger charge is 2.31. The molecule has 2 amide bonds. The fourth-order valence-corrected chi connectivity index (χ4v) is 1.83. The lowest BCUT2D eigenvalue weighted by atomic mass is 9.89. The third-order valence-corrected chi connectivity index (χ3v) is 2.85. The fourth-order valence-electron chi connectivity index (χ4n) is 1.83. The summed E-state index contributed by atoms with van der Waals surface area (Å²) < 4.78 is 5.35. The normalized spacial score (nSPS) is 23.9. The van der Waals surface area contributed by atoms with Crippen molar-refractivity contribution in [3.05, 3.63) is 0 Å². The molecular formula is C11H20N2O5. The van der Waals surface area contributed by atoms with Crippen molar-refractivity contribution < 1.29 is 24.5 Å². The van der Waals surface area contributed by atoms with Crippen molar-refractivity contribution in [2.75, 3.05) is 13.2 Å². The highest BCUT2D eigenvalue weighted by molar-refractivity contribution is 5.82. The van der Waals surface area contributed by atoms with Gasteiger partial charge in [0, 0.05) is 25.7 Å². The van der Waals surface area contributed by atoms with Gasteiger partial charge in [0.25, 0.3) is 0 Å². The van der Waals surface area contributed by atoms with Crippen LogP contribution in [0.15, 0.2) is 0 Å². The van der Waals surface area contributed by atoms with Gasteiger partial charge in [-0.15, -0.1) is 0 Å². The number of rotatable bonds is 7. The number of hydrogen-bond donors (Lipinski definition) is 4. The average molecular weight is 260 g/mol. The van der Waals surface area contributed by atoms with Crippen molar-refractivity contribution in [2.24, 2.45) is 0 Å². The number of ether oxygens (including phenoxy) is 1. The van der Waals surface area contributed by atoms with Crippen LogP contribution < -0.4 is 10.6 Å². The van der Waals surface area contributed by atoms with E-state index in [1.54, 1.807) is 0 Å². The summed E-state index contributed by atoms with van der Waals surface area (Å²) in [6.45, 7) is 2.29. The summed E-state index contributed by atoms with van der Waals surface area (Å²) >= 11 is 0. The van der Waals surface area contributed by atoms with Crippen LogP contribution in [0.3, 0.4) is 0 Å². The highest BCUT2D eigenvalue weighted by atomic mass is 16.5. The summed E-state index contributed by atoms with van der Waals surface area (Å²) in [5.74, 6) is -1.15. The summed E-state index contributed by atoms with van der Waals surface area (Å²) in [5.41, 5.74) is 0. The Morgan fingerprint density at radius 1 is 1.44 bits per heavy atom. The van der Waals surface area contributed by atoms with Gasteiger partial charge in [-0.25, -0.2) is 9.59 Å². The molecule has 0 aromatic carbocycles. The molecule has 1 atom stereocenters. The maximum Gasteiger partial charge on any atom is 0.326 e. The van der Waals surface area contributed by atoms with E-state index in [1.807, 2.05) is 6.92 Å². The topological polar surface area (TPSA) is 108 Å². The molecule has 4 N–H and O–H groups in total. The minimum absolute atomic E-state index is 0.00497. The van der Waals surface area contributed by atoms with Crippen molar-refractivity contribution >= 4 is 12.0 Å². The summed E-state index contributed by atoms with van der Waals surface area (Å²) in [6, 6.07) is -1.54. The van der Waals surface area contributed by atoms with E-state index in [4.69, 9.17) is 14.9 Å². The van der Waals surface area contributed by atoms with Crippen LogP contribution in [-0.2, 0) is 9.53 Å². The van der Waals surface area contributed by atoms with Crippen molar-refractivity contribution in [1.29, 1.82) is 0 Å². The number of hydrogen-bond acceptors (Lipinski definition) is 4. The lowest BCUT2D eigenvalue weighted by Gasteiger charge is -2.35. The Balaban J connectivity index is 2.23. The van der Waals surface area contributed by atoms with E-state index in [0.29, 0.717) is 6.61 Å². The number of aliphatic hydroxyl groups is 1. The van der Waals surface area contributed by atoms with Crippen LogP contribution >= 0.6 is 0 Å². The van der Waals surface area contributed by atoms with Gasteiger partial charge in [0.15, 0.2) is 0 Å². The van der Waals surface area contributed by atoms with Crippen LogP contribution in [0.4, 0.5) is 4.79 Å². The molecule has 0 aliphatic heterocycles. The van der Waals surface area contributed by atoms with Crippen molar-refractivity contribution in [2.45, 2.75) is 44.4 Å². The smallest absolute Gasteiger partial charge is 0.326 e. The van der Waals surface area contributed by atoms with Crippen LogP contribution in [0.1, 0.15) is 26.2 Å². The third kappa shape index (κ3) is 4.50. The average Bonchev–Trinajstić information content (AvgIpc) is 2.25. The number of aliphatic hydroxyl groups excluding tert-OH is 1. The molecule has 0 spiro atoms. The maximum atomic E-state index is 11.5. The SMILES string of the molecule is CCOC1CC(NC(=O)N[C@@H](CCO)C(=O)O)C1. The van der Waals surface area contributed by atoms with E-state index < -0.39 is 18.0 Å². The van der Waals surface area contributed by atoms with Crippen LogP contribution in [0.2, 0.25) is 0 Å². The number of nitrogens with one attached hydrogen (secondary N) is 2.